The predicted octanol–water partition coefficient (Wildman–Crippen LogP) is 4.29. The molecule has 1 heterocycles. The van der Waals surface area contributed by atoms with Crippen LogP contribution in [0.2, 0.25) is 0 Å². The largest absolute Gasteiger partial charge is 0.494 e. The Morgan fingerprint density at radius 3 is 2.17 bits per heavy atom. The summed E-state index contributed by atoms with van der Waals surface area (Å²) in [5.41, 5.74) is 1.06. The second kappa shape index (κ2) is 9.89. The van der Waals surface area contributed by atoms with Gasteiger partial charge in [-0.05, 0) is 67.8 Å². The summed E-state index contributed by atoms with van der Waals surface area (Å²) in [5.74, 6) is 0.471. The van der Waals surface area contributed by atoms with Gasteiger partial charge in [-0.3, -0.25) is 4.79 Å². The molecule has 0 unspecified atom stereocenters. The van der Waals surface area contributed by atoms with Crippen molar-refractivity contribution in [1.29, 1.82) is 0 Å². The Kier molecular flexibility index (Phi) is 7.28. The highest BCUT2D eigenvalue weighted by Gasteiger charge is 2.25. The van der Waals surface area contributed by atoms with Gasteiger partial charge >= 0.3 is 0 Å². The Morgan fingerprint density at radius 1 is 0.966 bits per heavy atom. The third kappa shape index (κ3) is 5.58. The van der Waals surface area contributed by atoms with E-state index in [9.17, 15) is 13.2 Å². The summed E-state index contributed by atoms with van der Waals surface area (Å²) in [6.45, 7) is 3.81. The highest BCUT2D eigenvalue weighted by atomic mass is 32.2. The molecule has 7 heteroatoms. The summed E-state index contributed by atoms with van der Waals surface area (Å²) in [7, 11) is -3.51. The van der Waals surface area contributed by atoms with E-state index < -0.39 is 10.0 Å². The van der Waals surface area contributed by atoms with Crippen LogP contribution in [0, 0.1) is 0 Å². The molecule has 29 heavy (non-hydrogen) atoms. The Labute approximate surface area is 172 Å². The van der Waals surface area contributed by atoms with Gasteiger partial charge in [0.05, 0.1) is 11.5 Å². The van der Waals surface area contributed by atoms with Crippen molar-refractivity contribution in [2.75, 3.05) is 25.0 Å². The number of rotatable bonds is 7. The van der Waals surface area contributed by atoms with Gasteiger partial charge in [0.25, 0.3) is 5.91 Å². The Hall–Kier alpha value is -2.38. The van der Waals surface area contributed by atoms with Crippen molar-refractivity contribution in [2.24, 2.45) is 0 Å². The zero-order chi connectivity index (χ0) is 20.7. The number of amides is 1. The number of hydrogen-bond acceptors (Lipinski definition) is 4. The topological polar surface area (TPSA) is 75.7 Å². The molecule has 1 fully saturated rings. The predicted molar refractivity (Wildman–Crippen MR) is 114 cm³/mol. The van der Waals surface area contributed by atoms with E-state index >= 15 is 0 Å². The zero-order valence-corrected chi connectivity index (χ0v) is 17.6. The van der Waals surface area contributed by atoms with Crippen LogP contribution < -0.4 is 10.1 Å². The van der Waals surface area contributed by atoms with Crippen molar-refractivity contribution in [3.05, 3.63) is 54.1 Å². The van der Waals surface area contributed by atoms with E-state index in [4.69, 9.17) is 4.74 Å². The first-order valence-corrected chi connectivity index (χ1v) is 11.6. The van der Waals surface area contributed by atoms with Gasteiger partial charge in [0.15, 0.2) is 0 Å². The third-order valence-corrected chi connectivity index (χ3v) is 6.82. The summed E-state index contributed by atoms with van der Waals surface area (Å²) < 4.78 is 32.7. The normalized spacial score (nSPS) is 15.5. The number of benzene rings is 2. The first-order valence-electron chi connectivity index (χ1n) is 10.1. The molecule has 156 valence electrons. The van der Waals surface area contributed by atoms with Crippen LogP contribution in [0.4, 0.5) is 5.69 Å². The molecule has 0 radical (unpaired) electrons. The Morgan fingerprint density at radius 2 is 1.59 bits per heavy atom. The lowest BCUT2D eigenvalue weighted by molar-refractivity contribution is 0.102. The van der Waals surface area contributed by atoms with Crippen molar-refractivity contribution in [3.8, 4) is 5.75 Å². The molecule has 1 aliphatic heterocycles. The lowest BCUT2D eigenvalue weighted by Gasteiger charge is -2.20. The van der Waals surface area contributed by atoms with Crippen molar-refractivity contribution in [2.45, 2.75) is 43.9 Å². The van der Waals surface area contributed by atoms with Gasteiger partial charge < -0.3 is 10.1 Å². The van der Waals surface area contributed by atoms with Gasteiger partial charge in [0.1, 0.15) is 5.75 Å². The molecule has 0 bridgehead atoms. The van der Waals surface area contributed by atoms with Crippen LogP contribution >= 0.6 is 0 Å². The number of carbonyl (C=O) groups excluding carboxylic acids is 1. The highest BCUT2D eigenvalue weighted by molar-refractivity contribution is 7.89. The van der Waals surface area contributed by atoms with Crippen LogP contribution in [0.25, 0.3) is 0 Å². The molecule has 2 aromatic carbocycles. The molecule has 6 nitrogen and oxygen atoms in total. The lowest BCUT2D eigenvalue weighted by Crippen LogP contribution is -2.31. The van der Waals surface area contributed by atoms with Gasteiger partial charge in [0, 0.05) is 24.3 Å². The van der Waals surface area contributed by atoms with Crippen LogP contribution in [0.15, 0.2) is 53.4 Å². The van der Waals surface area contributed by atoms with Crippen molar-refractivity contribution >= 4 is 21.6 Å². The number of nitrogens with one attached hydrogen (secondary N) is 1. The molecule has 0 spiro atoms. The zero-order valence-electron chi connectivity index (χ0n) is 16.8. The van der Waals surface area contributed by atoms with Gasteiger partial charge in [-0.25, -0.2) is 8.42 Å². The van der Waals surface area contributed by atoms with Gasteiger partial charge in [0.2, 0.25) is 10.0 Å². The smallest absolute Gasteiger partial charge is 0.255 e. The second-order valence-corrected chi connectivity index (χ2v) is 9.11. The third-order valence-electron chi connectivity index (χ3n) is 4.90. The first kappa shape index (κ1) is 21.3. The Bertz CT molecular complexity index is 901. The molecule has 2 aromatic rings. The maximum absolute atomic E-state index is 12.8. The van der Waals surface area contributed by atoms with Crippen LogP contribution in [0.3, 0.4) is 0 Å². The Balaban J connectivity index is 1.65. The number of nitrogens with zero attached hydrogens (tertiary/aromatic N) is 1. The van der Waals surface area contributed by atoms with E-state index in [1.54, 1.807) is 28.6 Å². The van der Waals surface area contributed by atoms with Crippen molar-refractivity contribution in [3.63, 3.8) is 0 Å². The second-order valence-electron chi connectivity index (χ2n) is 7.17. The first-order chi connectivity index (χ1) is 14.0. The van der Waals surface area contributed by atoms with E-state index in [-0.39, 0.29) is 10.8 Å². The minimum absolute atomic E-state index is 0.230. The van der Waals surface area contributed by atoms with Gasteiger partial charge in [-0.2, -0.15) is 4.31 Å². The van der Waals surface area contributed by atoms with E-state index in [0.29, 0.717) is 30.9 Å². The maximum atomic E-state index is 12.8. The molecule has 1 N–H and O–H groups in total. The molecule has 0 saturated carbocycles. The molecule has 0 atom stereocenters. The molecular formula is C22H28N2O4S. The van der Waals surface area contributed by atoms with Crippen LogP contribution in [0.1, 0.15) is 49.4 Å². The van der Waals surface area contributed by atoms with E-state index in [2.05, 4.69) is 5.32 Å². The van der Waals surface area contributed by atoms with Gasteiger partial charge in [-0.1, -0.05) is 19.8 Å². The fraction of sp³-hybridized carbons (Fsp3) is 0.409. The molecular weight excluding hydrogens is 388 g/mol. The lowest BCUT2D eigenvalue weighted by atomic mass is 10.2. The van der Waals surface area contributed by atoms with E-state index in [0.717, 1.165) is 37.9 Å². The van der Waals surface area contributed by atoms with E-state index in [1.807, 2.05) is 19.1 Å². The summed E-state index contributed by atoms with van der Waals surface area (Å²) in [5, 5.41) is 2.82. The average molecular weight is 417 g/mol. The average Bonchev–Trinajstić information content (AvgIpc) is 3.03. The minimum atomic E-state index is -3.51. The number of sulfonamides is 1. The number of hydrogen-bond donors (Lipinski definition) is 1. The van der Waals surface area contributed by atoms with Crippen LogP contribution in [-0.2, 0) is 10.0 Å². The number of carbonyl (C=O) groups is 1. The minimum Gasteiger partial charge on any atom is -0.494 e. The summed E-state index contributed by atoms with van der Waals surface area (Å²) in [4.78, 5) is 12.7. The highest BCUT2D eigenvalue weighted by Crippen LogP contribution is 2.21. The monoisotopic (exact) mass is 416 g/mol. The fourth-order valence-corrected chi connectivity index (χ4v) is 4.78. The number of anilines is 1. The van der Waals surface area contributed by atoms with Crippen molar-refractivity contribution in [1.82, 2.24) is 4.31 Å². The maximum Gasteiger partial charge on any atom is 0.255 e. The van der Waals surface area contributed by atoms with Crippen LogP contribution in [-0.4, -0.2) is 38.3 Å². The number of ether oxygens (including phenoxy) is 1. The molecule has 3 rings (SSSR count). The fourth-order valence-electron chi connectivity index (χ4n) is 3.27. The van der Waals surface area contributed by atoms with Crippen LogP contribution in [0.5, 0.6) is 5.75 Å². The summed E-state index contributed by atoms with van der Waals surface area (Å²) in [6.07, 6.45) is 4.85. The molecule has 1 saturated heterocycles. The molecule has 1 amide bonds. The quantitative estimate of drug-likeness (QED) is 0.730. The molecule has 0 aromatic heterocycles. The SMILES string of the molecule is CCCOc1ccc(NC(=O)c2ccc(S(=O)(=O)N3CCCCCC3)cc2)cc1. The van der Waals surface area contributed by atoms with E-state index in [1.165, 1.54) is 12.1 Å². The molecule has 1 aliphatic rings. The summed E-state index contributed by atoms with van der Waals surface area (Å²) >= 11 is 0. The summed E-state index contributed by atoms with van der Waals surface area (Å²) in [6, 6.07) is 13.3. The van der Waals surface area contributed by atoms with Crippen molar-refractivity contribution < 1.29 is 17.9 Å². The van der Waals surface area contributed by atoms with Gasteiger partial charge in [-0.15, -0.1) is 0 Å². The standard InChI is InChI=1S/C22H28N2O4S/c1-2-17-28-20-11-9-19(10-12-20)23-22(25)18-7-13-21(14-8-18)29(26,27)24-15-5-3-4-6-16-24/h7-14H,2-6,15-17H2,1H3,(H,23,25). The molecule has 0 aliphatic carbocycles.